The Balaban J connectivity index is 1.41. The summed E-state index contributed by atoms with van der Waals surface area (Å²) in [5, 5.41) is 13.4. The molecule has 1 atom stereocenters. The van der Waals surface area contributed by atoms with E-state index >= 15 is 0 Å². The van der Waals surface area contributed by atoms with E-state index in [9.17, 15) is 5.11 Å². The van der Waals surface area contributed by atoms with Crippen LogP contribution in [0.5, 0.6) is 0 Å². The molecule has 2 N–H and O–H groups in total. The molecule has 4 nitrogen and oxygen atoms in total. The van der Waals surface area contributed by atoms with Gasteiger partial charge in [0.1, 0.15) is 5.82 Å². The Morgan fingerprint density at radius 2 is 1.83 bits per heavy atom. The molecule has 1 aliphatic rings. The normalized spacial score (nSPS) is 15.8. The highest BCUT2D eigenvalue weighted by atomic mass is 16.3. The first-order chi connectivity index (χ1) is 11.3. The van der Waals surface area contributed by atoms with Gasteiger partial charge in [0.25, 0.3) is 0 Å². The van der Waals surface area contributed by atoms with E-state index in [1.807, 2.05) is 36.5 Å². The third kappa shape index (κ3) is 4.78. The number of anilines is 1. The van der Waals surface area contributed by atoms with Gasteiger partial charge in [-0.05, 0) is 36.5 Å². The number of hydrogen-bond donors (Lipinski definition) is 2. The SMILES string of the molecule is OC(CNCc1ccc(N2CCCC2)nc1)Cc1ccccc1. The van der Waals surface area contributed by atoms with Crippen molar-refractivity contribution in [1.29, 1.82) is 0 Å². The van der Waals surface area contributed by atoms with E-state index in [4.69, 9.17) is 0 Å². The van der Waals surface area contributed by atoms with Crippen molar-refractivity contribution in [2.75, 3.05) is 24.5 Å². The Hall–Kier alpha value is -1.91. The summed E-state index contributed by atoms with van der Waals surface area (Å²) in [4.78, 5) is 6.88. The summed E-state index contributed by atoms with van der Waals surface area (Å²) in [6, 6.07) is 14.3. The van der Waals surface area contributed by atoms with Gasteiger partial charge in [0.05, 0.1) is 6.10 Å². The van der Waals surface area contributed by atoms with Gasteiger partial charge in [-0.2, -0.15) is 0 Å². The van der Waals surface area contributed by atoms with Crippen LogP contribution >= 0.6 is 0 Å². The molecule has 1 fully saturated rings. The van der Waals surface area contributed by atoms with Gasteiger partial charge in [-0.25, -0.2) is 4.98 Å². The lowest BCUT2D eigenvalue weighted by molar-refractivity contribution is 0.171. The Morgan fingerprint density at radius 1 is 1.04 bits per heavy atom. The molecule has 4 heteroatoms. The number of benzene rings is 1. The minimum atomic E-state index is -0.366. The van der Waals surface area contributed by atoms with Crippen molar-refractivity contribution in [2.24, 2.45) is 0 Å². The van der Waals surface area contributed by atoms with Crippen LogP contribution < -0.4 is 10.2 Å². The highest BCUT2D eigenvalue weighted by molar-refractivity contribution is 5.40. The molecule has 1 aliphatic heterocycles. The molecular formula is C19H25N3O. The maximum atomic E-state index is 10.1. The van der Waals surface area contributed by atoms with E-state index in [2.05, 4.69) is 27.3 Å². The van der Waals surface area contributed by atoms with E-state index < -0.39 is 0 Å². The molecule has 122 valence electrons. The molecule has 0 aliphatic carbocycles. The van der Waals surface area contributed by atoms with Crippen molar-refractivity contribution < 1.29 is 5.11 Å². The number of nitrogens with zero attached hydrogens (tertiary/aromatic N) is 2. The van der Waals surface area contributed by atoms with Gasteiger partial charge in [0.15, 0.2) is 0 Å². The predicted molar refractivity (Wildman–Crippen MR) is 93.5 cm³/mol. The zero-order valence-electron chi connectivity index (χ0n) is 13.5. The van der Waals surface area contributed by atoms with Crippen molar-refractivity contribution in [3.8, 4) is 0 Å². The molecule has 0 saturated carbocycles. The molecule has 0 amide bonds. The highest BCUT2D eigenvalue weighted by Gasteiger charge is 2.13. The number of pyridine rings is 1. The van der Waals surface area contributed by atoms with Crippen LogP contribution in [-0.4, -0.2) is 35.8 Å². The lowest BCUT2D eigenvalue weighted by atomic mass is 10.1. The minimum absolute atomic E-state index is 0.366. The summed E-state index contributed by atoms with van der Waals surface area (Å²) in [7, 11) is 0. The monoisotopic (exact) mass is 311 g/mol. The topological polar surface area (TPSA) is 48.4 Å². The molecular weight excluding hydrogens is 286 g/mol. The average molecular weight is 311 g/mol. The Morgan fingerprint density at radius 3 is 2.52 bits per heavy atom. The zero-order chi connectivity index (χ0) is 15.9. The molecule has 2 heterocycles. The highest BCUT2D eigenvalue weighted by Crippen LogP contribution is 2.17. The van der Waals surface area contributed by atoms with E-state index in [0.29, 0.717) is 13.0 Å². The molecule has 1 unspecified atom stereocenters. The van der Waals surface area contributed by atoms with Crippen molar-refractivity contribution in [2.45, 2.75) is 31.9 Å². The lowest BCUT2D eigenvalue weighted by Crippen LogP contribution is -2.28. The number of aromatic nitrogens is 1. The van der Waals surface area contributed by atoms with Crippen molar-refractivity contribution >= 4 is 5.82 Å². The predicted octanol–water partition coefficient (Wildman–Crippen LogP) is 2.38. The summed E-state index contributed by atoms with van der Waals surface area (Å²) < 4.78 is 0. The fraction of sp³-hybridized carbons (Fsp3) is 0.421. The third-order valence-corrected chi connectivity index (χ3v) is 4.26. The smallest absolute Gasteiger partial charge is 0.128 e. The first-order valence-electron chi connectivity index (χ1n) is 8.44. The number of nitrogens with one attached hydrogen (secondary N) is 1. The molecule has 1 saturated heterocycles. The summed E-state index contributed by atoms with van der Waals surface area (Å²) in [5.41, 5.74) is 2.32. The van der Waals surface area contributed by atoms with Gasteiger partial charge < -0.3 is 15.3 Å². The molecule has 23 heavy (non-hydrogen) atoms. The van der Waals surface area contributed by atoms with Gasteiger partial charge in [-0.15, -0.1) is 0 Å². The largest absolute Gasteiger partial charge is 0.391 e. The molecule has 1 aromatic heterocycles. The van der Waals surface area contributed by atoms with Crippen molar-refractivity contribution in [1.82, 2.24) is 10.3 Å². The molecule has 0 radical (unpaired) electrons. The van der Waals surface area contributed by atoms with Crippen LogP contribution in [0.25, 0.3) is 0 Å². The zero-order valence-corrected chi connectivity index (χ0v) is 13.5. The van der Waals surface area contributed by atoms with Crippen LogP contribution in [0.1, 0.15) is 24.0 Å². The summed E-state index contributed by atoms with van der Waals surface area (Å²) in [6.45, 7) is 3.56. The minimum Gasteiger partial charge on any atom is -0.391 e. The molecule has 0 bridgehead atoms. The van der Waals surface area contributed by atoms with Crippen LogP contribution in [0.3, 0.4) is 0 Å². The standard InChI is InChI=1S/C19H25N3O/c23-18(12-16-6-2-1-3-7-16)15-20-13-17-8-9-19(21-14-17)22-10-4-5-11-22/h1-3,6-9,14,18,20,23H,4-5,10-13,15H2. The maximum Gasteiger partial charge on any atom is 0.128 e. The van der Waals surface area contributed by atoms with Gasteiger partial charge in [-0.1, -0.05) is 36.4 Å². The van der Waals surface area contributed by atoms with Crippen LogP contribution in [0.4, 0.5) is 5.82 Å². The Kier molecular flexibility index (Phi) is 5.61. The summed E-state index contributed by atoms with van der Waals surface area (Å²) >= 11 is 0. The molecule has 3 rings (SSSR count). The maximum absolute atomic E-state index is 10.1. The van der Waals surface area contributed by atoms with Gasteiger partial charge >= 0.3 is 0 Å². The fourth-order valence-corrected chi connectivity index (χ4v) is 3.00. The number of aliphatic hydroxyl groups excluding tert-OH is 1. The second-order valence-corrected chi connectivity index (χ2v) is 6.19. The molecule has 0 spiro atoms. The van der Waals surface area contributed by atoms with E-state index in [0.717, 1.165) is 31.0 Å². The van der Waals surface area contributed by atoms with Crippen LogP contribution in [0, 0.1) is 0 Å². The lowest BCUT2D eigenvalue weighted by Gasteiger charge is -2.16. The number of aliphatic hydroxyl groups is 1. The first kappa shape index (κ1) is 16.0. The molecule has 2 aromatic rings. The van der Waals surface area contributed by atoms with E-state index in [1.54, 1.807) is 0 Å². The quantitative estimate of drug-likeness (QED) is 0.824. The van der Waals surface area contributed by atoms with Crippen LogP contribution in [0.15, 0.2) is 48.7 Å². The summed E-state index contributed by atoms with van der Waals surface area (Å²) in [6.07, 6.45) is 4.79. The summed E-state index contributed by atoms with van der Waals surface area (Å²) in [5.74, 6) is 1.08. The second-order valence-electron chi connectivity index (χ2n) is 6.19. The number of rotatable bonds is 7. The third-order valence-electron chi connectivity index (χ3n) is 4.26. The van der Waals surface area contributed by atoms with Gasteiger partial charge in [0.2, 0.25) is 0 Å². The molecule has 1 aromatic carbocycles. The van der Waals surface area contributed by atoms with E-state index in [-0.39, 0.29) is 6.10 Å². The second kappa shape index (κ2) is 8.09. The van der Waals surface area contributed by atoms with Gasteiger partial charge in [0, 0.05) is 32.4 Å². The fourth-order valence-electron chi connectivity index (χ4n) is 3.00. The van der Waals surface area contributed by atoms with Gasteiger partial charge in [-0.3, -0.25) is 0 Å². The van der Waals surface area contributed by atoms with Crippen molar-refractivity contribution in [3.05, 3.63) is 59.8 Å². The average Bonchev–Trinajstić information content (AvgIpc) is 3.11. The Bertz CT molecular complexity index is 579. The van der Waals surface area contributed by atoms with Crippen LogP contribution in [-0.2, 0) is 13.0 Å². The Labute approximate surface area is 138 Å². The van der Waals surface area contributed by atoms with Crippen LogP contribution in [0.2, 0.25) is 0 Å². The number of hydrogen-bond acceptors (Lipinski definition) is 4. The van der Waals surface area contributed by atoms with Crippen molar-refractivity contribution in [3.63, 3.8) is 0 Å². The van der Waals surface area contributed by atoms with E-state index in [1.165, 1.54) is 18.4 Å². The first-order valence-corrected chi connectivity index (χ1v) is 8.44.